The van der Waals surface area contributed by atoms with E-state index in [0.29, 0.717) is 22.2 Å². The molecule has 6 heteroatoms. The van der Waals surface area contributed by atoms with Gasteiger partial charge in [0.2, 0.25) is 0 Å². The standard InChI is InChI=1S/C15H13ClN2O2S/c16-14-7-6-13(21-14)15(19)17-9-11-8-12(18-20-11)10-4-2-1-3-5-10/h1-7,11H,8-9H2,(H,17,19). The lowest BCUT2D eigenvalue weighted by atomic mass is 10.1. The molecule has 1 aromatic heterocycles. The second kappa shape index (κ2) is 6.28. The van der Waals surface area contributed by atoms with Crippen molar-refractivity contribution in [3.63, 3.8) is 0 Å². The molecule has 108 valence electrons. The van der Waals surface area contributed by atoms with Crippen LogP contribution in [0, 0.1) is 0 Å². The molecule has 3 rings (SSSR count). The predicted molar refractivity (Wildman–Crippen MR) is 84.1 cm³/mol. The van der Waals surface area contributed by atoms with Gasteiger partial charge in [0.15, 0.2) is 0 Å². The van der Waals surface area contributed by atoms with Gasteiger partial charge in [-0.2, -0.15) is 0 Å². The maximum atomic E-state index is 11.9. The Kier molecular flexibility index (Phi) is 4.22. The minimum Gasteiger partial charge on any atom is -0.390 e. The summed E-state index contributed by atoms with van der Waals surface area (Å²) in [6.07, 6.45) is 0.565. The molecule has 0 spiro atoms. The molecule has 1 amide bonds. The Morgan fingerprint density at radius 3 is 2.86 bits per heavy atom. The summed E-state index contributed by atoms with van der Waals surface area (Å²) in [5, 5.41) is 6.93. The highest BCUT2D eigenvalue weighted by Gasteiger charge is 2.22. The van der Waals surface area contributed by atoms with E-state index in [2.05, 4.69) is 10.5 Å². The van der Waals surface area contributed by atoms with Crippen molar-refractivity contribution in [3.8, 4) is 0 Å². The summed E-state index contributed by atoms with van der Waals surface area (Å²) in [5.41, 5.74) is 1.96. The average Bonchev–Trinajstić information content (AvgIpc) is 3.15. The minimum absolute atomic E-state index is 0.125. The smallest absolute Gasteiger partial charge is 0.261 e. The number of oxime groups is 1. The van der Waals surface area contributed by atoms with E-state index in [4.69, 9.17) is 16.4 Å². The number of halogens is 1. The van der Waals surface area contributed by atoms with Crippen molar-refractivity contribution in [1.82, 2.24) is 5.32 Å². The quantitative estimate of drug-likeness (QED) is 0.939. The van der Waals surface area contributed by atoms with Crippen molar-refractivity contribution in [2.75, 3.05) is 6.54 Å². The lowest BCUT2D eigenvalue weighted by Crippen LogP contribution is -2.31. The number of carbonyl (C=O) groups is 1. The maximum Gasteiger partial charge on any atom is 0.261 e. The van der Waals surface area contributed by atoms with E-state index in [1.54, 1.807) is 12.1 Å². The molecule has 2 aromatic rings. The van der Waals surface area contributed by atoms with Crippen LogP contribution in [0.2, 0.25) is 4.34 Å². The number of carbonyl (C=O) groups excluding carboxylic acids is 1. The molecule has 0 radical (unpaired) electrons. The van der Waals surface area contributed by atoms with Gasteiger partial charge in [-0.3, -0.25) is 4.79 Å². The molecule has 1 N–H and O–H groups in total. The monoisotopic (exact) mass is 320 g/mol. The summed E-state index contributed by atoms with van der Waals surface area (Å²) in [5.74, 6) is -0.135. The van der Waals surface area contributed by atoms with Crippen molar-refractivity contribution in [3.05, 3.63) is 57.2 Å². The Morgan fingerprint density at radius 2 is 2.14 bits per heavy atom. The fourth-order valence-corrected chi connectivity index (χ4v) is 3.03. The third-order valence-corrected chi connectivity index (χ3v) is 4.36. The van der Waals surface area contributed by atoms with Crippen molar-refractivity contribution in [1.29, 1.82) is 0 Å². The molecule has 21 heavy (non-hydrogen) atoms. The molecule has 0 aliphatic carbocycles. The van der Waals surface area contributed by atoms with Gasteiger partial charge in [-0.1, -0.05) is 47.1 Å². The molecule has 0 saturated carbocycles. The second-order valence-electron chi connectivity index (χ2n) is 4.65. The van der Waals surface area contributed by atoms with Gasteiger partial charge in [0.05, 0.1) is 21.5 Å². The first-order valence-electron chi connectivity index (χ1n) is 6.54. The van der Waals surface area contributed by atoms with Gasteiger partial charge in [-0.15, -0.1) is 11.3 Å². The summed E-state index contributed by atoms with van der Waals surface area (Å²) < 4.78 is 0.604. The Hall–Kier alpha value is -1.85. The Balaban J connectivity index is 1.51. The number of thiophene rings is 1. The van der Waals surface area contributed by atoms with Crippen LogP contribution in [-0.2, 0) is 4.84 Å². The maximum absolute atomic E-state index is 11.9. The molecule has 1 atom stereocenters. The van der Waals surface area contributed by atoms with Crippen LogP contribution >= 0.6 is 22.9 Å². The lowest BCUT2D eigenvalue weighted by molar-refractivity contribution is 0.0755. The predicted octanol–water partition coefficient (Wildman–Crippen LogP) is 3.32. The molecule has 1 unspecified atom stereocenters. The highest BCUT2D eigenvalue weighted by atomic mass is 35.5. The Bertz CT molecular complexity index is 669. The van der Waals surface area contributed by atoms with Crippen molar-refractivity contribution in [2.24, 2.45) is 5.16 Å². The number of rotatable bonds is 4. The third-order valence-electron chi connectivity index (χ3n) is 3.13. The highest BCUT2D eigenvalue weighted by molar-refractivity contribution is 7.17. The van der Waals surface area contributed by atoms with E-state index >= 15 is 0 Å². The molecule has 1 aromatic carbocycles. The number of benzene rings is 1. The van der Waals surface area contributed by atoms with E-state index in [9.17, 15) is 4.79 Å². The molecular weight excluding hydrogens is 308 g/mol. The molecule has 0 bridgehead atoms. The largest absolute Gasteiger partial charge is 0.390 e. The summed E-state index contributed by atoms with van der Waals surface area (Å²) in [6.45, 7) is 0.425. The van der Waals surface area contributed by atoms with Crippen LogP contribution < -0.4 is 5.32 Å². The SMILES string of the molecule is O=C(NCC1CC(c2ccccc2)=NO1)c1ccc(Cl)s1. The number of nitrogens with one attached hydrogen (secondary N) is 1. The molecule has 0 fully saturated rings. The highest BCUT2D eigenvalue weighted by Crippen LogP contribution is 2.21. The molecule has 2 heterocycles. The van der Waals surface area contributed by atoms with Crippen molar-refractivity contribution in [2.45, 2.75) is 12.5 Å². The summed E-state index contributed by atoms with van der Waals surface area (Å²) in [4.78, 5) is 17.9. The van der Waals surface area contributed by atoms with E-state index in [1.807, 2.05) is 30.3 Å². The third kappa shape index (κ3) is 3.43. The fourth-order valence-electron chi connectivity index (χ4n) is 2.07. The van der Waals surface area contributed by atoms with Gasteiger partial charge in [0.25, 0.3) is 5.91 Å². The van der Waals surface area contributed by atoms with E-state index in [-0.39, 0.29) is 12.0 Å². The van der Waals surface area contributed by atoms with Crippen molar-refractivity contribution >= 4 is 34.6 Å². The van der Waals surface area contributed by atoms with Gasteiger partial charge in [-0.05, 0) is 17.7 Å². The van der Waals surface area contributed by atoms with Crippen LogP contribution in [0.3, 0.4) is 0 Å². The van der Waals surface area contributed by atoms with Gasteiger partial charge in [0.1, 0.15) is 6.10 Å². The molecule has 1 aliphatic heterocycles. The summed E-state index contributed by atoms with van der Waals surface area (Å²) >= 11 is 7.07. The van der Waals surface area contributed by atoms with E-state index in [1.165, 1.54) is 11.3 Å². The second-order valence-corrected chi connectivity index (χ2v) is 6.36. The van der Waals surface area contributed by atoms with Gasteiger partial charge in [0, 0.05) is 6.42 Å². The van der Waals surface area contributed by atoms with Crippen LogP contribution in [0.5, 0.6) is 0 Å². The first-order chi connectivity index (χ1) is 10.2. The zero-order valence-corrected chi connectivity index (χ0v) is 12.7. The number of amides is 1. The molecular formula is C15H13ClN2O2S. The lowest BCUT2D eigenvalue weighted by Gasteiger charge is -2.08. The molecule has 1 aliphatic rings. The Labute approximate surface area is 131 Å². The van der Waals surface area contributed by atoms with Crippen LogP contribution in [0.1, 0.15) is 21.7 Å². The van der Waals surface area contributed by atoms with Gasteiger partial charge < -0.3 is 10.2 Å². The topological polar surface area (TPSA) is 50.7 Å². The zero-order valence-electron chi connectivity index (χ0n) is 11.1. The van der Waals surface area contributed by atoms with Crippen LogP contribution in [0.4, 0.5) is 0 Å². The van der Waals surface area contributed by atoms with Crippen LogP contribution in [-0.4, -0.2) is 24.3 Å². The van der Waals surface area contributed by atoms with Crippen molar-refractivity contribution < 1.29 is 9.63 Å². The average molecular weight is 321 g/mol. The molecule has 4 nitrogen and oxygen atoms in total. The van der Waals surface area contributed by atoms with E-state index < -0.39 is 0 Å². The Morgan fingerprint density at radius 1 is 1.33 bits per heavy atom. The minimum atomic E-state index is -0.135. The summed E-state index contributed by atoms with van der Waals surface area (Å²) in [7, 11) is 0. The fraction of sp³-hybridized carbons (Fsp3) is 0.200. The molecule has 0 saturated heterocycles. The number of hydrogen-bond donors (Lipinski definition) is 1. The van der Waals surface area contributed by atoms with E-state index in [0.717, 1.165) is 11.3 Å². The van der Waals surface area contributed by atoms with Gasteiger partial charge in [-0.25, -0.2) is 0 Å². The normalized spacial score (nSPS) is 17.2. The van der Waals surface area contributed by atoms with Crippen LogP contribution in [0.15, 0.2) is 47.6 Å². The zero-order chi connectivity index (χ0) is 14.7. The summed E-state index contributed by atoms with van der Waals surface area (Å²) in [6, 6.07) is 13.3. The first-order valence-corrected chi connectivity index (χ1v) is 7.73. The number of hydrogen-bond acceptors (Lipinski definition) is 4. The number of nitrogens with zero attached hydrogens (tertiary/aromatic N) is 1. The van der Waals surface area contributed by atoms with Gasteiger partial charge >= 0.3 is 0 Å². The van der Waals surface area contributed by atoms with Crippen LogP contribution in [0.25, 0.3) is 0 Å². The first kappa shape index (κ1) is 14.1.